The van der Waals surface area contributed by atoms with Crippen LogP contribution in [0.4, 0.5) is 10.1 Å². The summed E-state index contributed by atoms with van der Waals surface area (Å²) in [6.45, 7) is 4.68. The molecule has 0 bridgehead atoms. The fraction of sp³-hybridized carbons (Fsp3) is 0.400. The molecule has 0 atom stereocenters. The summed E-state index contributed by atoms with van der Waals surface area (Å²) in [5, 5.41) is 10.9. The summed E-state index contributed by atoms with van der Waals surface area (Å²) in [5.41, 5.74) is -1.75. The molecule has 0 saturated carbocycles. The Bertz CT molecular complexity index is 603. The van der Waals surface area contributed by atoms with Gasteiger partial charge in [0, 0.05) is 6.07 Å². The van der Waals surface area contributed by atoms with Gasteiger partial charge in [-0.1, -0.05) is 20.8 Å². The molecule has 0 aliphatic rings. The molecule has 0 unspecified atom stereocenters. The van der Waals surface area contributed by atoms with E-state index < -0.39 is 36.9 Å². The van der Waals surface area contributed by atoms with Crippen molar-refractivity contribution < 1.29 is 22.3 Å². The van der Waals surface area contributed by atoms with E-state index in [0.29, 0.717) is 12.1 Å². The van der Waals surface area contributed by atoms with Crippen molar-refractivity contribution in [1.82, 2.24) is 0 Å². The second kappa shape index (κ2) is 4.29. The molecule has 1 rings (SSSR count). The smallest absolute Gasteiger partial charge is 0.282 e. The van der Waals surface area contributed by atoms with Gasteiger partial charge in [-0.25, -0.2) is 4.39 Å². The quantitative estimate of drug-likeness (QED) is 0.508. The standard InChI is InChI=1S/C10H12FNO5S/c1-10(2,3)9-7(11)4-6(18(15,16)17)5-8(9)12(13)14/h4-5H,1-3H3,(H,15,16,17). The number of halogens is 1. The lowest BCUT2D eigenvalue weighted by atomic mass is 9.85. The minimum absolute atomic E-state index is 0.208. The number of nitro groups is 1. The maximum Gasteiger partial charge on any atom is 0.294 e. The molecule has 0 fully saturated rings. The van der Waals surface area contributed by atoms with Crippen LogP contribution in [-0.2, 0) is 15.5 Å². The largest absolute Gasteiger partial charge is 0.294 e. The van der Waals surface area contributed by atoms with Crippen molar-refractivity contribution in [2.45, 2.75) is 31.1 Å². The van der Waals surface area contributed by atoms with Gasteiger partial charge in [-0.05, 0) is 11.5 Å². The highest BCUT2D eigenvalue weighted by Crippen LogP contribution is 2.35. The van der Waals surface area contributed by atoms with E-state index in [1.165, 1.54) is 0 Å². The minimum Gasteiger partial charge on any atom is -0.282 e. The van der Waals surface area contributed by atoms with Crippen molar-refractivity contribution in [2.24, 2.45) is 0 Å². The van der Waals surface area contributed by atoms with Crippen molar-refractivity contribution in [3.63, 3.8) is 0 Å². The molecule has 0 saturated heterocycles. The van der Waals surface area contributed by atoms with Crippen LogP contribution in [0.25, 0.3) is 0 Å². The molecule has 0 aliphatic heterocycles. The first-order valence-corrected chi connectivity index (χ1v) is 6.34. The monoisotopic (exact) mass is 277 g/mol. The second-order valence-corrected chi connectivity index (χ2v) is 6.20. The van der Waals surface area contributed by atoms with E-state index >= 15 is 0 Å². The molecule has 0 aliphatic carbocycles. The zero-order chi connectivity index (χ0) is 14.3. The Labute approximate surface area is 103 Å². The van der Waals surface area contributed by atoms with Crippen LogP contribution in [0.3, 0.4) is 0 Å². The highest BCUT2D eigenvalue weighted by Gasteiger charge is 2.31. The molecule has 0 amide bonds. The van der Waals surface area contributed by atoms with Crippen LogP contribution in [0, 0.1) is 15.9 Å². The van der Waals surface area contributed by atoms with E-state index in [-0.39, 0.29) is 5.56 Å². The van der Waals surface area contributed by atoms with Gasteiger partial charge in [-0.2, -0.15) is 8.42 Å². The van der Waals surface area contributed by atoms with Gasteiger partial charge in [0.2, 0.25) is 0 Å². The molecular formula is C10H12FNO5S. The van der Waals surface area contributed by atoms with E-state index in [1.807, 2.05) is 0 Å². The van der Waals surface area contributed by atoms with Crippen LogP contribution in [0.5, 0.6) is 0 Å². The first-order chi connectivity index (χ1) is 7.94. The first-order valence-electron chi connectivity index (χ1n) is 4.90. The molecule has 1 aromatic rings. The van der Waals surface area contributed by atoms with Crippen molar-refractivity contribution in [3.8, 4) is 0 Å². The Hall–Kier alpha value is -1.54. The van der Waals surface area contributed by atoms with Crippen LogP contribution in [-0.4, -0.2) is 17.9 Å². The second-order valence-electron chi connectivity index (χ2n) is 4.78. The predicted octanol–water partition coefficient (Wildman–Crippen LogP) is 2.28. The predicted molar refractivity (Wildman–Crippen MR) is 61.6 cm³/mol. The molecule has 0 spiro atoms. The molecule has 1 aromatic carbocycles. The molecule has 100 valence electrons. The molecule has 6 nitrogen and oxygen atoms in total. The highest BCUT2D eigenvalue weighted by atomic mass is 32.2. The third kappa shape index (κ3) is 2.82. The van der Waals surface area contributed by atoms with E-state index in [0.717, 1.165) is 0 Å². The van der Waals surface area contributed by atoms with Crippen molar-refractivity contribution in [2.75, 3.05) is 0 Å². The van der Waals surface area contributed by atoms with Gasteiger partial charge in [0.05, 0.1) is 10.5 Å². The van der Waals surface area contributed by atoms with E-state index in [2.05, 4.69) is 0 Å². The first kappa shape index (κ1) is 14.5. The lowest BCUT2D eigenvalue weighted by molar-refractivity contribution is -0.386. The molecule has 18 heavy (non-hydrogen) atoms. The van der Waals surface area contributed by atoms with Crippen LogP contribution in [0.2, 0.25) is 0 Å². The van der Waals surface area contributed by atoms with E-state index in [9.17, 15) is 22.9 Å². The van der Waals surface area contributed by atoms with Crippen molar-refractivity contribution >= 4 is 15.8 Å². The highest BCUT2D eigenvalue weighted by molar-refractivity contribution is 7.85. The summed E-state index contributed by atoms with van der Waals surface area (Å²) in [6.07, 6.45) is 0. The summed E-state index contributed by atoms with van der Waals surface area (Å²) in [7, 11) is -4.69. The van der Waals surface area contributed by atoms with Gasteiger partial charge < -0.3 is 0 Å². The number of nitro benzene ring substituents is 1. The molecule has 8 heteroatoms. The molecule has 0 heterocycles. The third-order valence-electron chi connectivity index (χ3n) is 2.29. The average Bonchev–Trinajstić information content (AvgIpc) is 2.12. The molecule has 0 aromatic heterocycles. The molecular weight excluding hydrogens is 265 g/mol. The van der Waals surface area contributed by atoms with Gasteiger partial charge in [-0.3, -0.25) is 14.7 Å². The summed E-state index contributed by atoms with van der Waals surface area (Å²) in [6, 6.07) is 1.22. The van der Waals surface area contributed by atoms with Gasteiger partial charge >= 0.3 is 0 Å². The third-order valence-corrected chi connectivity index (χ3v) is 3.12. The van der Waals surface area contributed by atoms with Crippen LogP contribution in [0.1, 0.15) is 26.3 Å². The normalized spacial score (nSPS) is 12.5. The summed E-state index contributed by atoms with van der Waals surface area (Å²) in [4.78, 5) is 9.15. The Balaban J connectivity index is 3.73. The lowest BCUT2D eigenvalue weighted by Gasteiger charge is -2.19. The van der Waals surface area contributed by atoms with E-state index in [1.54, 1.807) is 20.8 Å². The summed E-state index contributed by atoms with van der Waals surface area (Å²) in [5.74, 6) is -1.04. The minimum atomic E-state index is -4.69. The van der Waals surface area contributed by atoms with E-state index in [4.69, 9.17) is 4.55 Å². The maximum atomic E-state index is 13.8. The maximum absolute atomic E-state index is 13.8. The van der Waals surface area contributed by atoms with Gasteiger partial charge in [0.15, 0.2) is 0 Å². The Morgan fingerprint density at radius 1 is 1.33 bits per heavy atom. The SMILES string of the molecule is CC(C)(C)c1c(F)cc(S(=O)(=O)O)cc1[N+](=O)[O-]. The number of hydrogen-bond acceptors (Lipinski definition) is 4. The molecule has 0 radical (unpaired) electrons. The van der Waals surface area contributed by atoms with Crippen molar-refractivity contribution in [3.05, 3.63) is 33.6 Å². The number of benzene rings is 1. The van der Waals surface area contributed by atoms with Crippen LogP contribution >= 0.6 is 0 Å². The topological polar surface area (TPSA) is 97.5 Å². The number of rotatable bonds is 2. The Morgan fingerprint density at radius 3 is 2.17 bits per heavy atom. The lowest BCUT2D eigenvalue weighted by Crippen LogP contribution is -2.17. The molecule has 1 N–H and O–H groups in total. The van der Waals surface area contributed by atoms with Gasteiger partial charge in [0.1, 0.15) is 10.7 Å². The van der Waals surface area contributed by atoms with Gasteiger partial charge in [-0.15, -0.1) is 0 Å². The van der Waals surface area contributed by atoms with Crippen LogP contribution in [0.15, 0.2) is 17.0 Å². The number of nitrogens with zero attached hydrogens (tertiary/aromatic N) is 1. The zero-order valence-electron chi connectivity index (χ0n) is 9.97. The van der Waals surface area contributed by atoms with Crippen molar-refractivity contribution in [1.29, 1.82) is 0 Å². The van der Waals surface area contributed by atoms with Gasteiger partial charge in [0.25, 0.3) is 15.8 Å². The number of hydrogen-bond donors (Lipinski definition) is 1. The average molecular weight is 277 g/mol. The fourth-order valence-corrected chi connectivity index (χ4v) is 2.12. The summed E-state index contributed by atoms with van der Waals surface area (Å²) >= 11 is 0. The Kier molecular flexibility index (Phi) is 3.46. The summed E-state index contributed by atoms with van der Waals surface area (Å²) < 4.78 is 44.4. The van der Waals surface area contributed by atoms with Crippen LogP contribution < -0.4 is 0 Å². The Morgan fingerprint density at radius 2 is 1.83 bits per heavy atom. The fourth-order valence-electron chi connectivity index (χ4n) is 1.60. The zero-order valence-corrected chi connectivity index (χ0v) is 10.8.